The van der Waals surface area contributed by atoms with Crippen molar-refractivity contribution in [3.63, 3.8) is 0 Å². The smallest absolute Gasteiger partial charge is 0.420 e. The molecule has 0 atom stereocenters. The zero-order valence-electron chi connectivity index (χ0n) is 32.8. The number of pyridine rings is 2. The van der Waals surface area contributed by atoms with Gasteiger partial charge in [-0.1, -0.05) is 36.7 Å². The molecule has 2 aliphatic rings. The highest BCUT2D eigenvalue weighted by Gasteiger charge is 2.47. The molecule has 2 amide bonds. The van der Waals surface area contributed by atoms with Crippen LogP contribution < -0.4 is 30.1 Å². The van der Waals surface area contributed by atoms with Crippen molar-refractivity contribution in [1.29, 1.82) is 0 Å². The van der Waals surface area contributed by atoms with Gasteiger partial charge in [0.05, 0.1) is 58.9 Å². The van der Waals surface area contributed by atoms with Gasteiger partial charge in [-0.15, -0.1) is 0 Å². The van der Waals surface area contributed by atoms with Crippen molar-refractivity contribution in [2.75, 3.05) is 75.8 Å². The summed E-state index contributed by atoms with van der Waals surface area (Å²) in [6.07, 6.45) is 3.31. The Bertz CT molecular complexity index is 2200. The molecule has 6 rings (SSSR count). The van der Waals surface area contributed by atoms with Crippen molar-refractivity contribution in [3.05, 3.63) is 75.6 Å². The maximum atomic E-state index is 14.9. The molecule has 298 valence electrons. The van der Waals surface area contributed by atoms with Gasteiger partial charge >= 0.3 is 6.09 Å². The number of fused-ring (bicyclic) bond motifs is 1. The van der Waals surface area contributed by atoms with E-state index in [9.17, 15) is 14.4 Å². The Labute approximate surface area is 336 Å². The van der Waals surface area contributed by atoms with E-state index in [4.69, 9.17) is 47.1 Å². The summed E-state index contributed by atoms with van der Waals surface area (Å²) >= 11 is 13.7. The van der Waals surface area contributed by atoms with Crippen LogP contribution in [0.15, 0.2) is 60.0 Å². The lowest BCUT2D eigenvalue weighted by molar-refractivity contribution is -0.111. The summed E-state index contributed by atoms with van der Waals surface area (Å²) in [6.45, 7) is 15.7. The minimum atomic E-state index is -0.889. The van der Waals surface area contributed by atoms with Crippen LogP contribution >= 0.6 is 23.2 Å². The largest absolute Gasteiger partial charge is 0.495 e. The van der Waals surface area contributed by atoms with E-state index in [1.165, 1.54) is 25.2 Å². The normalized spacial score (nSPS) is 15.3. The molecule has 56 heavy (non-hydrogen) atoms. The number of amides is 2. The highest BCUT2D eigenvalue weighted by atomic mass is 35.5. The van der Waals surface area contributed by atoms with Crippen molar-refractivity contribution < 1.29 is 28.5 Å². The standard InChI is InChI=1S/C41H48Cl2N6O7/c1-9-34(50)45-28-20-26(47-17-15-46(10-2)16-18-47)11-12-29(28)48(39(52)56-40(3,4)5)33-21-30-25(23-44-33)19-27(38(51)49(30)41(13-14-41)24-53-6)35-36(42)31(54-7)22-32(55-8)37(35)43/h9,11-12,19-23H,1,10,13-18,24H2,2-8H3,(H,45,50). The Morgan fingerprint density at radius 2 is 1.66 bits per heavy atom. The molecule has 1 saturated heterocycles. The van der Waals surface area contributed by atoms with Crippen LogP contribution in [0.3, 0.4) is 0 Å². The lowest BCUT2D eigenvalue weighted by Gasteiger charge is -2.36. The molecule has 2 fully saturated rings. The first-order valence-electron chi connectivity index (χ1n) is 18.4. The summed E-state index contributed by atoms with van der Waals surface area (Å²) in [5.41, 5.74) is 0.482. The summed E-state index contributed by atoms with van der Waals surface area (Å²) in [6, 6.07) is 10.4. The Kier molecular flexibility index (Phi) is 11.9. The van der Waals surface area contributed by atoms with Gasteiger partial charge in [-0.05, 0) is 70.5 Å². The summed E-state index contributed by atoms with van der Waals surface area (Å²) < 4.78 is 24.3. The molecule has 4 aromatic rings. The van der Waals surface area contributed by atoms with Crippen LogP contribution in [0.25, 0.3) is 22.0 Å². The maximum Gasteiger partial charge on any atom is 0.420 e. The monoisotopic (exact) mass is 806 g/mol. The van der Waals surface area contributed by atoms with Crippen LogP contribution in [-0.4, -0.2) is 92.7 Å². The van der Waals surface area contributed by atoms with Crippen LogP contribution in [0, 0.1) is 0 Å². The number of nitrogens with one attached hydrogen (secondary N) is 1. The van der Waals surface area contributed by atoms with Crippen LogP contribution in [0.2, 0.25) is 10.0 Å². The summed E-state index contributed by atoms with van der Waals surface area (Å²) in [5, 5.41) is 3.75. The molecule has 13 nitrogen and oxygen atoms in total. The number of carbonyl (C=O) groups excluding carboxylic acids is 2. The number of anilines is 4. The second-order valence-electron chi connectivity index (χ2n) is 14.9. The fraction of sp³-hybridized carbons (Fsp3) is 0.415. The highest BCUT2D eigenvalue weighted by Crippen LogP contribution is 2.48. The van der Waals surface area contributed by atoms with Crippen LogP contribution in [0.5, 0.6) is 11.5 Å². The topological polar surface area (TPSA) is 128 Å². The first-order valence-corrected chi connectivity index (χ1v) is 19.2. The molecule has 3 heterocycles. The molecule has 15 heteroatoms. The zero-order chi connectivity index (χ0) is 40.5. The molecular formula is C41H48Cl2N6O7. The first-order chi connectivity index (χ1) is 26.7. The number of hydrogen-bond donors (Lipinski definition) is 1. The molecule has 0 spiro atoms. The molecule has 0 unspecified atom stereocenters. The predicted octanol–water partition coefficient (Wildman–Crippen LogP) is 7.86. The summed E-state index contributed by atoms with van der Waals surface area (Å²) in [4.78, 5) is 52.8. The number of piperazine rings is 1. The predicted molar refractivity (Wildman–Crippen MR) is 222 cm³/mol. The van der Waals surface area contributed by atoms with E-state index in [1.807, 2.05) is 12.1 Å². The fourth-order valence-corrected chi connectivity index (χ4v) is 7.79. The third-order valence-electron chi connectivity index (χ3n) is 10.1. The van der Waals surface area contributed by atoms with Gasteiger partial charge in [-0.25, -0.2) is 14.7 Å². The number of methoxy groups -OCH3 is 3. The van der Waals surface area contributed by atoms with Crippen molar-refractivity contribution in [2.24, 2.45) is 0 Å². The lowest BCUT2D eigenvalue weighted by atomic mass is 10.0. The molecular weight excluding hydrogens is 759 g/mol. The third kappa shape index (κ3) is 8.04. The van der Waals surface area contributed by atoms with Crippen molar-refractivity contribution in [1.82, 2.24) is 14.5 Å². The van der Waals surface area contributed by atoms with Gasteiger partial charge in [-0.3, -0.25) is 14.2 Å². The second kappa shape index (κ2) is 16.3. The van der Waals surface area contributed by atoms with Gasteiger partial charge in [0.1, 0.15) is 22.9 Å². The van der Waals surface area contributed by atoms with E-state index < -0.39 is 28.7 Å². The summed E-state index contributed by atoms with van der Waals surface area (Å²) in [5.74, 6) is 0.250. The number of halogens is 2. The fourth-order valence-electron chi connectivity index (χ4n) is 7.08. The van der Waals surface area contributed by atoms with Gasteiger partial charge in [-0.2, -0.15) is 0 Å². The molecule has 0 radical (unpaired) electrons. The second-order valence-corrected chi connectivity index (χ2v) is 15.6. The van der Waals surface area contributed by atoms with Crippen molar-refractivity contribution >= 4 is 69.0 Å². The summed E-state index contributed by atoms with van der Waals surface area (Å²) in [7, 11) is 4.51. The number of rotatable bonds is 12. The van der Waals surface area contributed by atoms with E-state index >= 15 is 0 Å². The molecule has 0 bridgehead atoms. The van der Waals surface area contributed by atoms with Gasteiger partial charge in [0.2, 0.25) is 5.91 Å². The van der Waals surface area contributed by atoms with Crippen LogP contribution in [-0.2, 0) is 19.8 Å². The average molecular weight is 808 g/mol. The number of carbonyl (C=O) groups is 2. The van der Waals surface area contributed by atoms with E-state index in [2.05, 4.69) is 28.6 Å². The first kappa shape index (κ1) is 40.8. The van der Waals surface area contributed by atoms with Crippen LogP contribution in [0.1, 0.15) is 40.5 Å². The average Bonchev–Trinajstić information content (AvgIpc) is 3.95. The SMILES string of the molecule is C=CC(=O)Nc1cc(N2CCN(CC)CC2)ccc1N(C(=O)OC(C)(C)C)c1cc2c(cn1)cc(-c1c(Cl)c(OC)cc(OC)c1Cl)c(=O)n2C1(COC)CC1. The third-order valence-corrected chi connectivity index (χ3v) is 10.8. The number of aromatic nitrogens is 2. The minimum Gasteiger partial charge on any atom is -0.495 e. The number of hydrogen-bond acceptors (Lipinski definition) is 10. The van der Waals surface area contributed by atoms with Gasteiger partial charge in [0, 0.05) is 68.3 Å². The molecule has 1 N–H and O–H groups in total. The Morgan fingerprint density at radius 1 is 1.00 bits per heavy atom. The number of ether oxygens (including phenoxy) is 4. The molecule has 1 saturated carbocycles. The highest BCUT2D eigenvalue weighted by molar-refractivity contribution is 6.41. The Morgan fingerprint density at radius 3 is 2.21 bits per heavy atom. The molecule has 2 aromatic heterocycles. The number of nitrogens with zero attached hydrogens (tertiary/aromatic N) is 5. The Hall–Kier alpha value is -4.82. The number of likely N-dealkylation sites (N-methyl/N-ethyl adjacent to an activating group) is 1. The maximum absolute atomic E-state index is 14.9. The molecule has 1 aliphatic carbocycles. The van der Waals surface area contributed by atoms with E-state index in [-0.39, 0.29) is 45.1 Å². The van der Waals surface area contributed by atoms with Gasteiger partial charge in [0.25, 0.3) is 5.56 Å². The van der Waals surface area contributed by atoms with E-state index in [0.717, 1.165) is 38.4 Å². The van der Waals surface area contributed by atoms with Gasteiger partial charge < -0.3 is 34.1 Å². The number of benzene rings is 2. The lowest BCUT2D eigenvalue weighted by Crippen LogP contribution is -2.46. The quantitative estimate of drug-likeness (QED) is 0.141. The van der Waals surface area contributed by atoms with E-state index in [1.54, 1.807) is 62.9 Å². The molecule has 1 aliphatic heterocycles. The zero-order valence-corrected chi connectivity index (χ0v) is 34.3. The minimum absolute atomic E-state index is 0.142. The van der Waals surface area contributed by atoms with Crippen LogP contribution in [0.4, 0.5) is 27.7 Å². The molecule has 2 aromatic carbocycles. The van der Waals surface area contributed by atoms with Crippen molar-refractivity contribution in [2.45, 2.75) is 51.7 Å². The Balaban J connectivity index is 1.58. The van der Waals surface area contributed by atoms with E-state index in [0.29, 0.717) is 35.1 Å². The van der Waals surface area contributed by atoms with Gasteiger partial charge in [0.15, 0.2) is 0 Å². The van der Waals surface area contributed by atoms with Crippen molar-refractivity contribution in [3.8, 4) is 22.6 Å².